The van der Waals surface area contributed by atoms with Gasteiger partial charge >= 0.3 is 0 Å². The lowest BCUT2D eigenvalue weighted by Crippen LogP contribution is -2.04. The van der Waals surface area contributed by atoms with Gasteiger partial charge in [0.2, 0.25) is 0 Å². The molecule has 0 bridgehead atoms. The summed E-state index contributed by atoms with van der Waals surface area (Å²) in [7, 11) is 0. The molecule has 1 N–H and O–H groups in total. The van der Waals surface area contributed by atoms with E-state index in [1.807, 2.05) is 30.8 Å². The molecule has 1 heterocycles. The number of hydrogen-bond acceptors (Lipinski definition) is 2. The summed E-state index contributed by atoms with van der Waals surface area (Å²) in [5, 5.41) is 7.33. The first kappa shape index (κ1) is 11.6. The van der Waals surface area contributed by atoms with E-state index in [2.05, 4.69) is 10.4 Å². The van der Waals surface area contributed by atoms with E-state index in [1.54, 1.807) is 12.1 Å². The molecular formula is C13H16FN3. The van der Waals surface area contributed by atoms with Gasteiger partial charge in [-0.1, -0.05) is 12.1 Å². The number of rotatable bonds is 4. The topological polar surface area (TPSA) is 29.9 Å². The molecule has 17 heavy (non-hydrogen) atoms. The highest BCUT2D eigenvalue weighted by Gasteiger charge is 2.06. The zero-order chi connectivity index (χ0) is 12.3. The van der Waals surface area contributed by atoms with E-state index >= 15 is 0 Å². The average molecular weight is 233 g/mol. The fraction of sp³-hybridized carbons (Fsp3) is 0.308. The van der Waals surface area contributed by atoms with Gasteiger partial charge in [-0.3, -0.25) is 4.68 Å². The normalized spacial score (nSPS) is 10.5. The Kier molecular flexibility index (Phi) is 3.42. The lowest BCUT2D eigenvalue weighted by atomic mass is 10.2. The Morgan fingerprint density at radius 1 is 1.35 bits per heavy atom. The van der Waals surface area contributed by atoms with Crippen molar-refractivity contribution in [3.63, 3.8) is 0 Å². The summed E-state index contributed by atoms with van der Waals surface area (Å²) in [6, 6.07) is 6.67. The molecule has 0 radical (unpaired) electrons. The minimum atomic E-state index is -0.229. The number of aromatic nitrogens is 2. The molecular weight excluding hydrogens is 217 g/mol. The first-order valence-electron chi connectivity index (χ1n) is 5.72. The SMILES string of the molecule is CCn1ncc(CNc2ccccc2F)c1C. The summed E-state index contributed by atoms with van der Waals surface area (Å²) in [4.78, 5) is 0. The zero-order valence-corrected chi connectivity index (χ0v) is 10.1. The van der Waals surface area contributed by atoms with Crippen molar-refractivity contribution in [3.05, 3.63) is 47.5 Å². The number of para-hydroxylation sites is 1. The van der Waals surface area contributed by atoms with Crippen LogP contribution in [0.3, 0.4) is 0 Å². The Morgan fingerprint density at radius 2 is 2.12 bits per heavy atom. The molecule has 0 amide bonds. The molecule has 3 nitrogen and oxygen atoms in total. The minimum absolute atomic E-state index is 0.229. The molecule has 0 fully saturated rings. The highest BCUT2D eigenvalue weighted by molar-refractivity contribution is 5.45. The number of hydrogen-bond donors (Lipinski definition) is 1. The fourth-order valence-electron chi connectivity index (χ4n) is 1.77. The van der Waals surface area contributed by atoms with Crippen LogP contribution in [0.4, 0.5) is 10.1 Å². The molecule has 0 unspecified atom stereocenters. The number of nitrogens with one attached hydrogen (secondary N) is 1. The molecule has 0 aliphatic carbocycles. The van der Waals surface area contributed by atoms with Crippen LogP contribution in [0.5, 0.6) is 0 Å². The molecule has 0 aliphatic rings. The van der Waals surface area contributed by atoms with Gasteiger partial charge in [0, 0.05) is 24.3 Å². The molecule has 2 rings (SSSR count). The van der Waals surface area contributed by atoms with Crippen molar-refractivity contribution in [1.29, 1.82) is 0 Å². The van der Waals surface area contributed by atoms with Crippen LogP contribution in [0, 0.1) is 12.7 Å². The zero-order valence-electron chi connectivity index (χ0n) is 10.1. The maximum absolute atomic E-state index is 13.4. The van der Waals surface area contributed by atoms with Crippen molar-refractivity contribution in [2.24, 2.45) is 0 Å². The van der Waals surface area contributed by atoms with E-state index in [1.165, 1.54) is 6.07 Å². The minimum Gasteiger partial charge on any atom is -0.378 e. The molecule has 2 aromatic rings. The number of nitrogens with zero attached hydrogens (tertiary/aromatic N) is 2. The van der Waals surface area contributed by atoms with E-state index in [4.69, 9.17) is 0 Å². The van der Waals surface area contributed by atoms with E-state index in [9.17, 15) is 4.39 Å². The third-order valence-electron chi connectivity index (χ3n) is 2.85. The van der Waals surface area contributed by atoms with Gasteiger partial charge in [-0.15, -0.1) is 0 Å². The Balaban J connectivity index is 2.07. The lowest BCUT2D eigenvalue weighted by Gasteiger charge is -2.07. The quantitative estimate of drug-likeness (QED) is 0.879. The third-order valence-corrected chi connectivity index (χ3v) is 2.85. The maximum Gasteiger partial charge on any atom is 0.146 e. The van der Waals surface area contributed by atoms with Crippen LogP contribution in [-0.2, 0) is 13.1 Å². The molecule has 0 saturated carbocycles. The van der Waals surface area contributed by atoms with Gasteiger partial charge in [0.15, 0.2) is 0 Å². The monoisotopic (exact) mass is 233 g/mol. The van der Waals surface area contributed by atoms with Crippen LogP contribution in [0.25, 0.3) is 0 Å². The summed E-state index contributed by atoms with van der Waals surface area (Å²) < 4.78 is 15.3. The summed E-state index contributed by atoms with van der Waals surface area (Å²) in [6.45, 7) is 5.52. The number of aryl methyl sites for hydroxylation is 1. The van der Waals surface area contributed by atoms with Crippen LogP contribution in [0.1, 0.15) is 18.2 Å². The molecule has 0 spiro atoms. The second kappa shape index (κ2) is 4.99. The summed E-state index contributed by atoms with van der Waals surface area (Å²) >= 11 is 0. The predicted molar refractivity (Wildman–Crippen MR) is 66.4 cm³/mol. The van der Waals surface area contributed by atoms with E-state index in [0.717, 1.165) is 17.8 Å². The van der Waals surface area contributed by atoms with Gasteiger partial charge in [0.05, 0.1) is 11.9 Å². The molecule has 0 aliphatic heterocycles. The van der Waals surface area contributed by atoms with Crippen LogP contribution < -0.4 is 5.32 Å². The Bertz CT molecular complexity index is 505. The van der Waals surface area contributed by atoms with Gasteiger partial charge in [0.1, 0.15) is 5.82 Å². The number of benzene rings is 1. The van der Waals surface area contributed by atoms with Gasteiger partial charge < -0.3 is 5.32 Å². The molecule has 90 valence electrons. The van der Waals surface area contributed by atoms with Crippen molar-refractivity contribution in [2.45, 2.75) is 26.9 Å². The highest BCUT2D eigenvalue weighted by Crippen LogP contribution is 2.15. The van der Waals surface area contributed by atoms with E-state index in [-0.39, 0.29) is 5.82 Å². The summed E-state index contributed by atoms with van der Waals surface area (Å²) in [5.41, 5.74) is 2.74. The van der Waals surface area contributed by atoms with Crippen LogP contribution in [0.2, 0.25) is 0 Å². The first-order chi connectivity index (χ1) is 8.22. The second-order valence-corrected chi connectivity index (χ2v) is 3.90. The van der Waals surface area contributed by atoms with Gasteiger partial charge in [-0.05, 0) is 26.0 Å². The molecule has 1 aromatic carbocycles. The smallest absolute Gasteiger partial charge is 0.146 e. The molecule has 4 heteroatoms. The van der Waals surface area contributed by atoms with Crippen molar-refractivity contribution >= 4 is 5.69 Å². The largest absolute Gasteiger partial charge is 0.378 e. The Hall–Kier alpha value is -1.84. The average Bonchev–Trinajstić information content (AvgIpc) is 2.69. The van der Waals surface area contributed by atoms with Gasteiger partial charge in [-0.25, -0.2) is 4.39 Å². The van der Waals surface area contributed by atoms with Crippen molar-refractivity contribution in [2.75, 3.05) is 5.32 Å². The van der Waals surface area contributed by atoms with Crippen LogP contribution in [-0.4, -0.2) is 9.78 Å². The van der Waals surface area contributed by atoms with Crippen molar-refractivity contribution in [3.8, 4) is 0 Å². The lowest BCUT2D eigenvalue weighted by molar-refractivity contribution is 0.629. The number of halogens is 1. The molecule has 0 saturated heterocycles. The van der Waals surface area contributed by atoms with E-state index in [0.29, 0.717) is 12.2 Å². The van der Waals surface area contributed by atoms with E-state index < -0.39 is 0 Å². The molecule has 1 aromatic heterocycles. The maximum atomic E-state index is 13.4. The summed E-state index contributed by atoms with van der Waals surface area (Å²) in [5.74, 6) is -0.229. The van der Waals surface area contributed by atoms with Gasteiger partial charge in [0.25, 0.3) is 0 Å². The Morgan fingerprint density at radius 3 is 2.76 bits per heavy atom. The summed E-state index contributed by atoms with van der Waals surface area (Å²) in [6.07, 6.45) is 1.83. The first-order valence-corrected chi connectivity index (χ1v) is 5.72. The van der Waals surface area contributed by atoms with Crippen molar-refractivity contribution in [1.82, 2.24) is 9.78 Å². The predicted octanol–water partition coefficient (Wildman–Crippen LogP) is 2.96. The third kappa shape index (κ3) is 2.46. The molecule has 0 atom stereocenters. The number of anilines is 1. The van der Waals surface area contributed by atoms with Crippen molar-refractivity contribution < 1.29 is 4.39 Å². The standard InChI is InChI=1S/C13H16FN3/c1-3-17-10(2)11(9-16-17)8-15-13-7-5-4-6-12(13)14/h4-7,9,15H,3,8H2,1-2H3. The van der Waals surface area contributed by atoms with Crippen LogP contribution >= 0.6 is 0 Å². The Labute approximate surface area is 100 Å². The van der Waals surface area contributed by atoms with Crippen LogP contribution in [0.15, 0.2) is 30.5 Å². The fourth-order valence-corrected chi connectivity index (χ4v) is 1.77. The van der Waals surface area contributed by atoms with Gasteiger partial charge in [-0.2, -0.15) is 5.10 Å². The second-order valence-electron chi connectivity index (χ2n) is 3.90. The highest BCUT2D eigenvalue weighted by atomic mass is 19.1.